The van der Waals surface area contributed by atoms with Gasteiger partial charge in [0.25, 0.3) is 0 Å². The van der Waals surface area contributed by atoms with Crippen LogP contribution in [0.25, 0.3) is 22.0 Å². The Balaban J connectivity index is 1.31. The summed E-state index contributed by atoms with van der Waals surface area (Å²) in [4.78, 5) is 14.4. The highest BCUT2D eigenvalue weighted by Crippen LogP contribution is 2.29. The first-order valence-electron chi connectivity index (χ1n) is 12.3. The van der Waals surface area contributed by atoms with Crippen molar-refractivity contribution in [3.05, 3.63) is 72.9 Å². The molecular formula is C29H33N5O. The van der Waals surface area contributed by atoms with Crippen LogP contribution in [-0.2, 0) is 0 Å². The molecule has 6 nitrogen and oxygen atoms in total. The molecule has 1 aliphatic heterocycles. The summed E-state index contributed by atoms with van der Waals surface area (Å²) in [7, 11) is 1.68. The molecular weight excluding hydrogens is 434 g/mol. The van der Waals surface area contributed by atoms with E-state index in [1.807, 2.05) is 30.5 Å². The Morgan fingerprint density at radius 3 is 2.34 bits per heavy atom. The number of rotatable bonds is 7. The van der Waals surface area contributed by atoms with Crippen molar-refractivity contribution in [1.82, 2.24) is 14.9 Å². The zero-order valence-electron chi connectivity index (χ0n) is 20.7. The second-order valence-electron chi connectivity index (χ2n) is 9.52. The molecule has 35 heavy (non-hydrogen) atoms. The third-order valence-electron chi connectivity index (χ3n) is 6.50. The van der Waals surface area contributed by atoms with Crippen LogP contribution in [0.3, 0.4) is 0 Å². The summed E-state index contributed by atoms with van der Waals surface area (Å²) < 4.78 is 5.30. The lowest BCUT2D eigenvalue weighted by molar-refractivity contribution is 0.231. The summed E-state index contributed by atoms with van der Waals surface area (Å²) >= 11 is 0. The Morgan fingerprint density at radius 2 is 1.66 bits per heavy atom. The molecule has 1 N–H and O–H groups in total. The Kier molecular flexibility index (Phi) is 6.82. The van der Waals surface area contributed by atoms with Crippen molar-refractivity contribution in [2.24, 2.45) is 5.92 Å². The molecule has 3 aromatic carbocycles. The van der Waals surface area contributed by atoms with E-state index in [2.05, 4.69) is 76.4 Å². The SMILES string of the molecule is COc1ccc(-c2cccc3cnc(Nc4ccc(N5CCN(CC(C)C)CC5)cc4)nc23)cc1. The predicted molar refractivity (Wildman–Crippen MR) is 145 cm³/mol. The van der Waals surface area contributed by atoms with Gasteiger partial charge >= 0.3 is 0 Å². The molecule has 1 aliphatic rings. The minimum atomic E-state index is 0.591. The molecule has 0 bridgehead atoms. The normalized spacial score (nSPS) is 14.5. The molecule has 0 saturated carbocycles. The topological polar surface area (TPSA) is 53.5 Å². The number of benzene rings is 3. The van der Waals surface area contributed by atoms with Crippen LogP contribution in [0.1, 0.15) is 13.8 Å². The molecule has 0 aliphatic carbocycles. The van der Waals surface area contributed by atoms with Gasteiger partial charge in [0.05, 0.1) is 12.6 Å². The number of hydrogen-bond donors (Lipinski definition) is 1. The number of aromatic nitrogens is 2. The van der Waals surface area contributed by atoms with E-state index in [1.54, 1.807) is 7.11 Å². The fourth-order valence-corrected chi connectivity index (χ4v) is 4.71. The van der Waals surface area contributed by atoms with Crippen LogP contribution in [0, 0.1) is 5.92 Å². The molecule has 0 amide bonds. The standard InChI is InChI=1S/C29H33N5O/c1-21(2)20-33-15-17-34(18-16-33)25-11-9-24(10-12-25)31-29-30-19-23-5-4-6-27(28(23)32-29)22-7-13-26(35-3)14-8-22/h4-14,19,21H,15-18,20H2,1-3H3,(H,30,31,32). The maximum absolute atomic E-state index is 5.30. The summed E-state index contributed by atoms with van der Waals surface area (Å²) in [6.45, 7) is 10.2. The Hall–Kier alpha value is -3.64. The largest absolute Gasteiger partial charge is 0.497 e. The molecule has 0 unspecified atom stereocenters. The van der Waals surface area contributed by atoms with Crippen molar-refractivity contribution in [3.8, 4) is 16.9 Å². The first-order chi connectivity index (χ1) is 17.1. The highest BCUT2D eigenvalue weighted by molar-refractivity contribution is 5.94. The summed E-state index contributed by atoms with van der Waals surface area (Å²) in [5.74, 6) is 2.15. The highest BCUT2D eigenvalue weighted by atomic mass is 16.5. The van der Waals surface area contributed by atoms with E-state index >= 15 is 0 Å². The van der Waals surface area contributed by atoms with Crippen molar-refractivity contribution in [1.29, 1.82) is 0 Å². The lowest BCUT2D eigenvalue weighted by atomic mass is 10.0. The number of nitrogens with one attached hydrogen (secondary N) is 1. The maximum atomic E-state index is 5.30. The molecule has 1 aromatic heterocycles. The van der Waals surface area contributed by atoms with Crippen LogP contribution in [0.4, 0.5) is 17.3 Å². The zero-order chi connectivity index (χ0) is 24.2. The van der Waals surface area contributed by atoms with Crippen LogP contribution in [-0.4, -0.2) is 54.7 Å². The monoisotopic (exact) mass is 467 g/mol. The van der Waals surface area contributed by atoms with E-state index < -0.39 is 0 Å². The van der Waals surface area contributed by atoms with E-state index in [9.17, 15) is 0 Å². The quantitative estimate of drug-likeness (QED) is 0.369. The molecule has 4 aromatic rings. The van der Waals surface area contributed by atoms with Crippen molar-refractivity contribution >= 4 is 28.2 Å². The number of nitrogens with zero attached hydrogens (tertiary/aromatic N) is 4. The minimum absolute atomic E-state index is 0.591. The van der Waals surface area contributed by atoms with Crippen LogP contribution in [0.15, 0.2) is 72.9 Å². The van der Waals surface area contributed by atoms with Gasteiger partial charge in [-0.05, 0) is 47.9 Å². The van der Waals surface area contributed by atoms with Crippen molar-refractivity contribution in [3.63, 3.8) is 0 Å². The fraction of sp³-hybridized carbons (Fsp3) is 0.310. The van der Waals surface area contributed by atoms with Gasteiger partial charge in [-0.3, -0.25) is 4.90 Å². The van der Waals surface area contributed by atoms with E-state index in [-0.39, 0.29) is 0 Å². The second kappa shape index (κ2) is 10.3. The molecule has 180 valence electrons. The van der Waals surface area contributed by atoms with Gasteiger partial charge in [-0.2, -0.15) is 0 Å². The average molecular weight is 468 g/mol. The van der Waals surface area contributed by atoms with Gasteiger partial charge in [0.1, 0.15) is 5.75 Å². The minimum Gasteiger partial charge on any atom is -0.497 e. The summed E-state index contributed by atoms with van der Waals surface area (Å²) in [6.07, 6.45) is 1.88. The zero-order valence-corrected chi connectivity index (χ0v) is 20.7. The number of methoxy groups -OCH3 is 1. The number of hydrogen-bond acceptors (Lipinski definition) is 6. The second-order valence-corrected chi connectivity index (χ2v) is 9.52. The van der Waals surface area contributed by atoms with Gasteiger partial charge in [-0.15, -0.1) is 0 Å². The van der Waals surface area contributed by atoms with Crippen molar-refractivity contribution in [2.75, 3.05) is 50.1 Å². The van der Waals surface area contributed by atoms with Crippen LogP contribution >= 0.6 is 0 Å². The summed E-state index contributed by atoms with van der Waals surface area (Å²) in [5, 5.41) is 4.39. The molecule has 5 rings (SSSR count). The number of fused-ring (bicyclic) bond motifs is 1. The molecule has 1 fully saturated rings. The van der Waals surface area contributed by atoms with Crippen LogP contribution in [0.2, 0.25) is 0 Å². The third kappa shape index (κ3) is 5.38. The first-order valence-corrected chi connectivity index (χ1v) is 12.3. The molecule has 1 saturated heterocycles. The number of para-hydroxylation sites is 1. The summed E-state index contributed by atoms with van der Waals surface area (Å²) in [6, 6.07) is 22.8. The number of piperazine rings is 1. The Morgan fingerprint density at radius 1 is 0.914 bits per heavy atom. The molecule has 6 heteroatoms. The third-order valence-corrected chi connectivity index (χ3v) is 6.50. The van der Waals surface area contributed by atoms with Crippen LogP contribution in [0.5, 0.6) is 5.75 Å². The number of ether oxygens (including phenoxy) is 1. The van der Waals surface area contributed by atoms with Gasteiger partial charge in [0.15, 0.2) is 0 Å². The smallest absolute Gasteiger partial charge is 0.227 e. The van der Waals surface area contributed by atoms with E-state index in [0.717, 1.165) is 65.6 Å². The Labute approximate surface area is 207 Å². The van der Waals surface area contributed by atoms with Gasteiger partial charge in [-0.1, -0.05) is 44.2 Å². The lowest BCUT2D eigenvalue weighted by Gasteiger charge is -2.36. The van der Waals surface area contributed by atoms with Gasteiger partial charge in [-0.25, -0.2) is 9.97 Å². The molecule has 0 atom stereocenters. The Bertz CT molecular complexity index is 1260. The van der Waals surface area contributed by atoms with Crippen molar-refractivity contribution in [2.45, 2.75) is 13.8 Å². The molecule has 0 spiro atoms. The average Bonchev–Trinajstić information content (AvgIpc) is 2.89. The van der Waals surface area contributed by atoms with E-state index in [0.29, 0.717) is 5.95 Å². The maximum Gasteiger partial charge on any atom is 0.227 e. The molecule has 0 radical (unpaired) electrons. The van der Waals surface area contributed by atoms with Gasteiger partial charge < -0.3 is 15.0 Å². The number of anilines is 3. The van der Waals surface area contributed by atoms with Gasteiger partial charge in [0.2, 0.25) is 5.95 Å². The summed E-state index contributed by atoms with van der Waals surface area (Å²) in [5.41, 5.74) is 5.34. The molecule has 2 heterocycles. The van der Waals surface area contributed by atoms with Crippen LogP contribution < -0.4 is 15.0 Å². The predicted octanol–water partition coefficient (Wildman–Crippen LogP) is 5.83. The van der Waals surface area contributed by atoms with E-state index in [1.165, 1.54) is 12.2 Å². The van der Waals surface area contributed by atoms with E-state index in [4.69, 9.17) is 9.72 Å². The highest BCUT2D eigenvalue weighted by Gasteiger charge is 2.17. The fourth-order valence-electron chi connectivity index (χ4n) is 4.71. The first kappa shape index (κ1) is 23.1. The van der Waals surface area contributed by atoms with Gasteiger partial charge in [0, 0.05) is 61.2 Å². The lowest BCUT2D eigenvalue weighted by Crippen LogP contribution is -2.47. The van der Waals surface area contributed by atoms with Crippen molar-refractivity contribution < 1.29 is 4.74 Å².